The van der Waals surface area contributed by atoms with Crippen molar-refractivity contribution < 1.29 is 84.7 Å². The molecule has 362 valence electrons. The van der Waals surface area contributed by atoms with Crippen molar-refractivity contribution in [1.82, 2.24) is 0 Å². The lowest BCUT2D eigenvalue weighted by atomic mass is 9.82. The number of aliphatic carboxylic acids is 1. The number of nitrogens with two attached hydrogens (primary N) is 1. The van der Waals surface area contributed by atoms with Crippen LogP contribution in [0.4, 0.5) is 0 Å². The molecule has 0 saturated carbocycles. The van der Waals surface area contributed by atoms with Crippen LogP contribution in [0.5, 0.6) is 0 Å². The number of aliphatic hydroxyl groups is 10. The van der Waals surface area contributed by atoms with Gasteiger partial charge in [-0.05, 0) is 33.1 Å². The molecule has 3 aliphatic heterocycles. The number of esters is 1. The zero-order valence-electron chi connectivity index (χ0n) is 36.7. The number of carboxylic acid groups (broad SMARTS) is 1. The normalized spacial score (nSPS) is 41.3. The molecular formula is C46H71NO17. The third kappa shape index (κ3) is 18.8. The molecule has 64 heavy (non-hydrogen) atoms. The van der Waals surface area contributed by atoms with Crippen molar-refractivity contribution in [2.75, 3.05) is 0 Å². The smallest absolute Gasteiger partial charge is 0.311 e. The van der Waals surface area contributed by atoms with Crippen LogP contribution < -0.4 is 5.73 Å². The van der Waals surface area contributed by atoms with Crippen LogP contribution in [-0.2, 0) is 28.5 Å². The molecule has 0 spiro atoms. The molecule has 6 unspecified atom stereocenters. The lowest BCUT2D eigenvalue weighted by Gasteiger charge is -2.45. The maximum absolute atomic E-state index is 12.5. The molecule has 0 aromatic rings. The molecule has 3 heterocycles. The standard InChI is InChI=1S/C46H71NO17/c1-27-16-14-12-10-8-6-4-5-7-9-11-13-15-17-33(63-45-43(57)41(47)42(56)29(3)62-45)24-38-40(44(58)59)37(54)26-46(60,64-38)25-32(50)22-36(53)34(51)19-18-30(48)21-31(49)23-39(55)61-28(2)20-35(27)52/h4-17,27-38,40-43,45,48-54,56-57,60H,18-26,47H2,1-3H3,(H,58,59)/t27-,28-,29?,30+,31+,32-,33?,34+,35-,36+,37-,38-,40+,41?,42?,43?,45?,46+/m0/s1. The van der Waals surface area contributed by atoms with Crippen LogP contribution in [0.25, 0.3) is 0 Å². The lowest BCUT2D eigenvalue weighted by molar-refractivity contribution is -0.308. The lowest BCUT2D eigenvalue weighted by Crippen LogP contribution is -2.61. The minimum Gasteiger partial charge on any atom is -0.481 e. The van der Waals surface area contributed by atoms with Crippen molar-refractivity contribution in [2.24, 2.45) is 17.6 Å². The van der Waals surface area contributed by atoms with E-state index in [4.69, 9.17) is 24.7 Å². The maximum Gasteiger partial charge on any atom is 0.311 e. The number of rotatable bonds is 3. The fraction of sp³-hybridized carbons (Fsp3) is 0.652. The van der Waals surface area contributed by atoms with E-state index in [1.54, 1.807) is 79.8 Å². The number of hydrogen-bond acceptors (Lipinski definition) is 17. The van der Waals surface area contributed by atoms with Crippen molar-refractivity contribution in [3.63, 3.8) is 0 Å². The van der Waals surface area contributed by atoms with Gasteiger partial charge in [0.25, 0.3) is 0 Å². The SMILES string of the molecule is CC1OC(OC2C=CC=CC=CC=CC=CC=CC=C[C@H](C)[C@@H](O)C[C@H](C)OC(=O)C[C@H](O)C[C@H](O)CC[C@@H](O)[C@H](O)C[C@H](O)C[C@]3(O)C[C@H](O)[C@@H](C(=O)O)[C@H](C2)O3)C(O)C(N)C1O. The molecule has 0 aliphatic carbocycles. The van der Waals surface area contributed by atoms with Crippen molar-refractivity contribution in [2.45, 2.75) is 176 Å². The first kappa shape index (κ1) is 54.9. The predicted molar refractivity (Wildman–Crippen MR) is 232 cm³/mol. The van der Waals surface area contributed by atoms with Gasteiger partial charge < -0.3 is 80.9 Å². The minimum atomic E-state index is -2.32. The zero-order chi connectivity index (χ0) is 47.6. The molecule has 2 fully saturated rings. The Kier molecular flexibility index (Phi) is 23.4. The van der Waals surface area contributed by atoms with Crippen LogP contribution >= 0.6 is 0 Å². The largest absolute Gasteiger partial charge is 0.481 e. The van der Waals surface area contributed by atoms with Crippen LogP contribution in [-0.4, -0.2) is 166 Å². The van der Waals surface area contributed by atoms with Gasteiger partial charge in [-0.2, -0.15) is 0 Å². The van der Waals surface area contributed by atoms with Gasteiger partial charge in [-0.3, -0.25) is 9.59 Å². The van der Waals surface area contributed by atoms with E-state index in [2.05, 4.69) is 0 Å². The Labute approximate surface area is 374 Å². The molecule has 2 saturated heterocycles. The summed E-state index contributed by atoms with van der Waals surface area (Å²) >= 11 is 0. The summed E-state index contributed by atoms with van der Waals surface area (Å²) in [6.45, 7) is 4.97. The number of allylic oxidation sites excluding steroid dienone is 12. The van der Waals surface area contributed by atoms with Crippen molar-refractivity contribution >= 4 is 11.9 Å². The number of carbonyl (C=O) groups is 2. The number of fused-ring (bicyclic) bond motifs is 2. The summed E-state index contributed by atoms with van der Waals surface area (Å²) in [6, 6.07) is -1.15. The fourth-order valence-corrected chi connectivity index (χ4v) is 7.74. The monoisotopic (exact) mass is 909 g/mol. The number of aliphatic hydroxyl groups excluding tert-OH is 9. The Morgan fingerprint density at radius 3 is 1.84 bits per heavy atom. The Hall–Kier alpha value is -3.44. The average molecular weight is 910 g/mol. The van der Waals surface area contributed by atoms with E-state index in [9.17, 15) is 65.8 Å². The quantitative estimate of drug-likeness (QED) is 0.171. The third-order valence-corrected chi connectivity index (χ3v) is 11.4. The summed E-state index contributed by atoms with van der Waals surface area (Å²) in [5.74, 6) is -6.35. The average Bonchev–Trinajstić information content (AvgIpc) is 3.19. The molecule has 0 radical (unpaired) electrons. The first-order valence-corrected chi connectivity index (χ1v) is 21.9. The summed E-state index contributed by atoms with van der Waals surface area (Å²) < 4.78 is 23.0. The fourth-order valence-electron chi connectivity index (χ4n) is 7.74. The Bertz CT molecular complexity index is 1630. The van der Waals surface area contributed by atoms with E-state index in [0.717, 1.165) is 0 Å². The van der Waals surface area contributed by atoms with Crippen molar-refractivity contribution in [3.8, 4) is 0 Å². The highest BCUT2D eigenvalue weighted by Crippen LogP contribution is 2.38. The predicted octanol–water partition coefficient (Wildman–Crippen LogP) is 0.466. The maximum atomic E-state index is 12.5. The molecule has 18 heteroatoms. The minimum absolute atomic E-state index is 0.104. The molecule has 3 rings (SSSR count). The van der Waals surface area contributed by atoms with Crippen LogP contribution in [0, 0.1) is 11.8 Å². The second-order valence-electron chi connectivity index (χ2n) is 17.1. The molecule has 2 bridgehead atoms. The molecule has 18 nitrogen and oxygen atoms in total. The van der Waals surface area contributed by atoms with E-state index in [0.29, 0.717) is 0 Å². The number of ether oxygens (including phenoxy) is 4. The van der Waals surface area contributed by atoms with Gasteiger partial charge in [0.05, 0.1) is 79.6 Å². The van der Waals surface area contributed by atoms with Crippen molar-refractivity contribution in [1.29, 1.82) is 0 Å². The van der Waals surface area contributed by atoms with E-state index >= 15 is 0 Å². The second kappa shape index (κ2) is 27.3. The first-order valence-electron chi connectivity index (χ1n) is 21.9. The molecule has 0 aromatic heterocycles. The molecule has 0 aromatic carbocycles. The van der Waals surface area contributed by atoms with Gasteiger partial charge >= 0.3 is 11.9 Å². The molecule has 13 N–H and O–H groups in total. The number of cyclic esters (lactones) is 1. The summed E-state index contributed by atoms with van der Waals surface area (Å²) in [7, 11) is 0. The van der Waals surface area contributed by atoms with E-state index < -0.39 is 141 Å². The van der Waals surface area contributed by atoms with Crippen LogP contribution in [0.15, 0.2) is 85.1 Å². The Morgan fingerprint density at radius 1 is 0.672 bits per heavy atom. The summed E-state index contributed by atoms with van der Waals surface area (Å²) in [4.78, 5) is 24.9. The highest BCUT2D eigenvalue weighted by molar-refractivity contribution is 5.71. The van der Waals surface area contributed by atoms with E-state index in [1.165, 1.54) is 13.0 Å². The van der Waals surface area contributed by atoms with Crippen LogP contribution in [0.1, 0.15) is 78.6 Å². The van der Waals surface area contributed by atoms with Gasteiger partial charge in [-0.1, -0.05) is 92.0 Å². The molecular weight excluding hydrogens is 838 g/mol. The summed E-state index contributed by atoms with van der Waals surface area (Å²) in [5.41, 5.74) is 6.01. The Balaban J connectivity index is 1.85. The first-order chi connectivity index (χ1) is 30.2. The highest BCUT2D eigenvalue weighted by atomic mass is 16.7. The zero-order valence-corrected chi connectivity index (χ0v) is 36.7. The number of carbonyl (C=O) groups excluding carboxylic acids is 1. The number of hydrogen-bond donors (Lipinski definition) is 12. The van der Waals surface area contributed by atoms with Gasteiger partial charge in [-0.15, -0.1) is 0 Å². The summed E-state index contributed by atoms with van der Waals surface area (Å²) in [6.07, 6.45) is 3.69. The third-order valence-electron chi connectivity index (χ3n) is 11.4. The molecule has 0 amide bonds. The van der Waals surface area contributed by atoms with E-state index in [1.807, 2.05) is 13.0 Å². The van der Waals surface area contributed by atoms with E-state index in [-0.39, 0.29) is 38.0 Å². The topological polar surface area (TPSA) is 320 Å². The van der Waals surface area contributed by atoms with Gasteiger partial charge in [0.1, 0.15) is 18.1 Å². The van der Waals surface area contributed by atoms with Crippen LogP contribution in [0.2, 0.25) is 0 Å². The van der Waals surface area contributed by atoms with Gasteiger partial charge in [0.15, 0.2) is 12.1 Å². The molecule has 3 aliphatic rings. The highest BCUT2D eigenvalue weighted by Gasteiger charge is 2.51. The van der Waals surface area contributed by atoms with Gasteiger partial charge in [-0.25, -0.2) is 0 Å². The Morgan fingerprint density at radius 2 is 1.25 bits per heavy atom. The van der Waals surface area contributed by atoms with Crippen molar-refractivity contribution in [3.05, 3.63) is 85.1 Å². The van der Waals surface area contributed by atoms with Gasteiger partial charge in [0, 0.05) is 38.0 Å². The summed E-state index contributed by atoms with van der Waals surface area (Å²) in [5, 5.41) is 118. The molecule has 18 atom stereocenters. The van der Waals surface area contributed by atoms with Crippen LogP contribution in [0.3, 0.4) is 0 Å². The second-order valence-corrected chi connectivity index (χ2v) is 17.1. The van der Waals surface area contributed by atoms with Gasteiger partial charge in [0.2, 0.25) is 0 Å². The number of carboxylic acids is 1.